The van der Waals surface area contributed by atoms with E-state index in [4.69, 9.17) is 23.2 Å². The molecule has 0 atom stereocenters. The second-order valence-corrected chi connectivity index (χ2v) is 7.22. The van der Waals surface area contributed by atoms with Crippen molar-refractivity contribution in [3.63, 3.8) is 0 Å². The molecule has 98 valence electrons. The number of rotatable bonds is 1. The Balaban J connectivity index is 2.17. The van der Waals surface area contributed by atoms with Crippen molar-refractivity contribution in [1.82, 2.24) is 4.90 Å². The topological polar surface area (TPSA) is 54.5 Å². The molecule has 7 heteroatoms. The number of amides is 1. The van der Waals surface area contributed by atoms with Gasteiger partial charge in [0.05, 0.1) is 22.1 Å². The van der Waals surface area contributed by atoms with E-state index < -0.39 is 9.84 Å². The summed E-state index contributed by atoms with van der Waals surface area (Å²) in [7, 11) is -3.00. The molecule has 1 aliphatic rings. The summed E-state index contributed by atoms with van der Waals surface area (Å²) in [4.78, 5) is 13.6. The molecule has 0 aliphatic carbocycles. The minimum absolute atomic E-state index is 0.00392. The zero-order chi connectivity index (χ0) is 13.3. The van der Waals surface area contributed by atoms with Gasteiger partial charge in [-0.15, -0.1) is 0 Å². The molecule has 1 amide bonds. The third-order valence-corrected chi connectivity index (χ3v) is 4.95. The lowest BCUT2D eigenvalue weighted by Crippen LogP contribution is -2.43. The third-order valence-electron chi connectivity index (χ3n) is 2.79. The highest BCUT2D eigenvalue weighted by Gasteiger charge is 2.26. The summed E-state index contributed by atoms with van der Waals surface area (Å²) in [6, 6.07) is 4.63. The summed E-state index contributed by atoms with van der Waals surface area (Å²) in [6.07, 6.45) is 0. The van der Waals surface area contributed by atoms with Gasteiger partial charge in [-0.1, -0.05) is 23.2 Å². The van der Waals surface area contributed by atoms with Gasteiger partial charge in [0, 0.05) is 18.1 Å². The maximum absolute atomic E-state index is 12.1. The number of hydrogen-bond acceptors (Lipinski definition) is 3. The average molecular weight is 308 g/mol. The summed E-state index contributed by atoms with van der Waals surface area (Å²) in [6.45, 7) is 0.417. The molecule has 1 heterocycles. The number of carbonyl (C=O) groups is 1. The van der Waals surface area contributed by atoms with Crippen molar-refractivity contribution in [2.75, 3.05) is 24.6 Å². The van der Waals surface area contributed by atoms with Crippen LogP contribution in [0.1, 0.15) is 10.4 Å². The van der Waals surface area contributed by atoms with E-state index in [-0.39, 0.29) is 35.5 Å². The Hall–Kier alpha value is -0.780. The normalized spacial score (nSPS) is 18.7. The molecular weight excluding hydrogens is 297 g/mol. The SMILES string of the molecule is O=C(c1ccc(Cl)cc1Cl)N1CCS(=O)(=O)CC1. The minimum Gasteiger partial charge on any atom is -0.337 e. The van der Waals surface area contributed by atoms with Gasteiger partial charge in [-0.2, -0.15) is 0 Å². The Bertz CT molecular complexity index is 572. The summed E-state index contributed by atoms with van der Waals surface area (Å²) < 4.78 is 22.6. The molecule has 4 nitrogen and oxygen atoms in total. The van der Waals surface area contributed by atoms with Crippen molar-refractivity contribution in [1.29, 1.82) is 0 Å². The standard InChI is InChI=1S/C11H11Cl2NO3S/c12-8-1-2-9(10(13)7-8)11(15)14-3-5-18(16,17)6-4-14/h1-2,7H,3-6H2. The predicted molar refractivity (Wildman–Crippen MR) is 71.0 cm³/mol. The number of nitrogens with zero attached hydrogens (tertiary/aromatic N) is 1. The van der Waals surface area contributed by atoms with Gasteiger partial charge in [0.25, 0.3) is 5.91 Å². The van der Waals surface area contributed by atoms with Crippen LogP contribution in [-0.2, 0) is 9.84 Å². The van der Waals surface area contributed by atoms with Crippen LogP contribution < -0.4 is 0 Å². The Kier molecular flexibility index (Phi) is 3.84. The Morgan fingerprint density at radius 3 is 2.33 bits per heavy atom. The summed E-state index contributed by atoms with van der Waals surface area (Å²) in [5.74, 6) is -0.250. The predicted octanol–water partition coefficient (Wildman–Crippen LogP) is 1.86. The first-order chi connectivity index (χ1) is 8.39. The van der Waals surface area contributed by atoms with E-state index in [1.165, 1.54) is 11.0 Å². The molecule has 0 bridgehead atoms. The molecule has 1 aromatic rings. The maximum atomic E-state index is 12.1. The van der Waals surface area contributed by atoms with Crippen LogP contribution in [0.5, 0.6) is 0 Å². The lowest BCUT2D eigenvalue weighted by atomic mass is 10.2. The molecule has 0 aromatic heterocycles. The highest BCUT2D eigenvalue weighted by Crippen LogP contribution is 2.22. The van der Waals surface area contributed by atoms with Gasteiger partial charge >= 0.3 is 0 Å². The maximum Gasteiger partial charge on any atom is 0.255 e. The number of hydrogen-bond donors (Lipinski definition) is 0. The van der Waals surface area contributed by atoms with Crippen LogP contribution in [0.4, 0.5) is 0 Å². The lowest BCUT2D eigenvalue weighted by Gasteiger charge is -2.27. The van der Waals surface area contributed by atoms with Gasteiger partial charge in [-0.3, -0.25) is 4.79 Å². The van der Waals surface area contributed by atoms with E-state index in [0.717, 1.165) is 0 Å². The van der Waals surface area contributed by atoms with E-state index in [9.17, 15) is 13.2 Å². The number of benzene rings is 1. The number of halogens is 2. The van der Waals surface area contributed by atoms with Crippen molar-refractivity contribution in [3.05, 3.63) is 33.8 Å². The molecule has 0 radical (unpaired) electrons. The Morgan fingerprint density at radius 2 is 1.78 bits per heavy atom. The Labute approximate surface area is 115 Å². The van der Waals surface area contributed by atoms with E-state index in [1.54, 1.807) is 12.1 Å². The van der Waals surface area contributed by atoms with Crippen LogP contribution in [0.15, 0.2) is 18.2 Å². The first-order valence-electron chi connectivity index (χ1n) is 5.34. The van der Waals surface area contributed by atoms with Crippen LogP contribution in [0.2, 0.25) is 10.0 Å². The number of sulfone groups is 1. The van der Waals surface area contributed by atoms with Gasteiger partial charge in [0.1, 0.15) is 0 Å². The fraction of sp³-hybridized carbons (Fsp3) is 0.364. The second kappa shape index (κ2) is 5.07. The van der Waals surface area contributed by atoms with Crippen LogP contribution in [-0.4, -0.2) is 43.8 Å². The van der Waals surface area contributed by atoms with Gasteiger partial charge in [-0.25, -0.2) is 8.42 Å². The van der Waals surface area contributed by atoms with Crippen LogP contribution in [0.3, 0.4) is 0 Å². The zero-order valence-corrected chi connectivity index (χ0v) is 11.7. The van der Waals surface area contributed by atoms with Crippen LogP contribution in [0.25, 0.3) is 0 Å². The van der Waals surface area contributed by atoms with Crippen molar-refractivity contribution in [3.8, 4) is 0 Å². The molecule has 0 saturated carbocycles. The van der Waals surface area contributed by atoms with E-state index in [1.807, 2.05) is 0 Å². The first kappa shape index (κ1) is 13.6. The van der Waals surface area contributed by atoms with Gasteiger partial charge in [0.2, 0.25) is 0 Å². The minimum atomic E-state index is -3.00. The third kappa shape index (κ3) is 2.96. The summed E-state index contributed by atoms with van der Waals surface area (Å²) >= 11 is 11.7. The quantitative estimate of drug-likeness (QED) is 0.796. The summed E-state index contributed by atoms with van der Waals surface area (Å²) in [5.41, 5.74) is 0.348. The fourth-order valence-corrected chi connectivity index (χ4v) is 3.44. The van der Waals surface area contributed by atoms with Crippen molar-refractivity contribution in [2.45, 2.75) is 0 Å². The van der Waals surface area contributed by atoms with Crippen molar-refractivity contribution >= 4 is 38.9 Å². The van der Waals surface area contributed by atoms with E-state index in [0.29, 0.717) is 10.6 Å². The van der Waals surface area contributed by atoms with Gasteiger partial charge in [-0.05, 0) is 18.2 Å². The first-order valence-corrected chi connectivity index (χ1v) is 7.91. The molecule has 1 aliphatic heterocycles. The second-order valence-electron chi connectivity index (χ2n) is 4.07. The van der Waals surface area contributed by atoms with Crippen LogP contribution in [0, 0.1) is 0 Å². The molecule has 2 rings (SSSR count). The molecule has 1 fully saturated rings. The molecular formula is C11H11Cl2NO3S. The van der Waals surface area contributed by atoms with Crippen molar-refractivity contribution < 1.29 is 13.2 Å². The monoisotopic (exact) mass is 307 g/mol. The van der Waals surface area contributed by atoms with Gasteiger partial charge < -0.3 is 4.90 Å². The van der Waals surface area contributed by atoms with Crippen molar-refractivity contribution in [2.24, 2.45) is 0 Å². The molecule has 0 spiro atoms. The largest absolute Gasteiger partial charge is 0.337 e. The molecule has 1 aromatic carbocycles. The highest BCUT2D eigenvalue weighted by atomic mass is 35.5. The molecule has 18 heavy (non-hydrogen) atoms. The van der Waals surface area contributed by atoms with Crippen LogP contribution >= 0.6 is 23.2 Å². The fourth-order valence-electron chi connectivity index (χ4n) is 1.75. The molecule has 0 unspecified atom stereocenters. The van der Waals surface area contributed by atoms with E-state index >= 15 is 0 Å². The lowest BCUT2D eigenvalue weighted by molar-refractivity contribution is 0.0770. The smallest absolute Gasteiger partial charge is 0.255 e. The summed E-state index contributed by atoms with van der Waals surface area (Å²) in [5, 5.41) is 0.735. The molecule has 0 N–H and O–H groups in total. The zero-order valence-electron chi connectivity index (χ0n) is 9.40. The highest BCUT2D eigenvalue weighted by molar-refractivity contribution is 7.91. The Morgan fingerprint density at radius 1 is 1.17 bits per heavy atom. The van der Waals surface area contributed by atoms with Gasteiger partial charge in [0.15, 0.2) is 9.84 Å². The van der Waals surface area contributed by atoms with E-state index in [2.05, 4.69) is 0 Å². The number of carbonyl (C=O) groups excluding carboxylic acids is 1. The molecule has 1 saturated heterocycles. The average Bonchev–Trinajstić information content (AvgIpc) is 2.28.